The van der Waals surface area contributed by atoms with Crippen molar-refractivity contribution in [2.45, 2.75) is 33.1 Å². The number of hydrogen-bond donors (Lipinski definition) is 0. The van der Waals surface area contributed by atoms with Crippen LogP contribution in [0, 0.1) is 16.7 Å². The SMILES string of the molecule is CC1(C)C2CCC1(CBr)C2. The third-order valence-corrected chi connectivity index (χ3v) is 5.33. The van der Waals surface area contributed by atoms with Crippen LogP contribution in [0.2, 0.25) is 0 Å². The number of rotatable bonds is 1. The molecule has 3 fully saturated rings. The highest BCUT2D eigenvalue weighted by molar-refractivity contribution is 9.09. The van der Waals surface area contributed by atoms with E-state index in [9.17, 15) is 0 Å². The van der Waals surface area contributed by atoms with E-state index < -0.39 is 0 Å². The molecule has 2 unspecified atom stereocenters. The molecule has 1 heteroatoms. The van der Waals surface area contributed by atoms with Crippen LogP contribution in [0.3, 0.4) is 0 Å². The van der Waals surface area contributed by atoms with Gasteiger partial charge in [-0.15, -0.1) is 0 Å². The first-order chi connectivity index (χ1) is 4.62. The van der Waals surface area contributed by atoms with Gasteiger partial charge in [-0.2, -0.15) is 0 Å². The van der Waals surface area contributed by atoms with Crippen molar-refractivity contribution in [3.63, 3.8) is 0 Å². The minimum Gasteiger partial charge on any atom is -0.0922 e. The second-order valence-corrected chi connectivity index (χ2v) is 5.14. The van der Waals surface area contributed by atoms with Gasteiger partial charge in [0.15, 0.2) is 0 Å². The minimum atomic E-state index is 0.649. The minimum absolute atomic E-state index is 0.649. The maximum Gasteiger partial charge on any atom is 0.00932 e. The summed E-state index contributed by atoms with van der Waals surface area (Å²) in [6.45, 7) is 4.88. The highest BCUT2D eigenvalue weighted by atomic mass is 79.9. The van der Waals surface area contributed by atoms with E-state index in [-0.39, 0.29) is 0 Å². The predicted octanol–water partition coefficient (Wildman–Crippen LogP) is 3.21. The van der Waals surface area contributed by atoms with Gasteiger partial charge in [-0.25, -0.2) is 0 Å². The summed E-state index contributed by atoms with van der Waals surface area (Å²) in [6.07, 6.45) is 4.44. The molecule has 0 aromatic carbocycles. The van der Waals surface area contributed by atoms with Gasteiger partial charge in [0, 0.05) is 5.33 Å². The molecule has 3 rings (SSSR count). The van der Waals surface area contributed by atoms with Gasteiger partial charge in [0.05, 0.1) is 0 Å². The standard InChI is InChI=1S/C9H15Br/c1-8(2)7-3-4-9(8,5-7)6-10/h7H,3-6H2,1-2H3. The maximum atomic E-state index is 3.65. The molecule has 0 amide bonds. The first-order valence-corrected chi connectivity index (χ1v) is 5.30. The van der Waals surface area contributed by atoms with Crippen LogP contribution in [0.15, 0.2) is 0 Å². The van der Waals surface area contributed by atoms with E-state index in [1.54, 1.807) is 0 Å². The van der Waals surface area contributed by atoms with E-state index in [1.165, 1.54) is 24.6 Å². The Morgan fingerprint density at radius 1 is 1.50 bits per heavy atom. The van der Waals surface area contributed by atoms with Crippen molar-refractivity contribution < 1.29 is 0 Å². The van der Waals surface area contributed by atoms with Crippen molar-refractivity contribution in [1.29, 1.82) is 0 Å². The van der Waals surface area contributed by atoms with Gasteiger partial charge in [-0.05, 0) is 36.0 Å². The zero-order valence-corrected chi connectivity index (χ0v) is 8.37. The van der Waals surface area contributed by atoms with E-state index in [0.29, 0.717) is 10.8 Å². The third kappa shape index (κ3) is 0.546. The molecule has 2 bridgehead atoms. The first kappa shape index (κ1) is 7.15. The molecule has 0 heterocycles. The fourth-order valence-electron chi connectivity index (χ4n) is 2.92. The second-order valence-electron chi connectivity index (χ2n) is 4.58. The smallest absolute Gasteiger partial charge is 0.00932 e. The zero-order chi connectivity index (χ0) is 7.41. The van der Waals surface area contributed by atoms with Gasteiger partial charge in [0.2, 0.25) is 0 Å². The van der Waals surface area contributed by atoms with Crippen molar-refractivity contribution in [3.8, 4) is 0 Å². The summed E-state index contributed by atoms with van der Waals surface area (Å²) >= 11 is 3.65. The van der Waals surface area contributed by atoms with Crippen LogP contribution in [-0.2, 0) is 0 Å². The fourth-order valence-corrected chi connectivity index (χ4v) is 4.15. The molecule has 0 spiro atoms. The van der Waals surface area contributed by atoms with Crippen molar-refractivity contribution in [2.24, 2.45) is 16.7 Å². The second kappa shape index (κ2) is 1.80. The molecule has 2 atom stereocenters. The molecular weight excluding hydrogens is 188 g/mol. The number of alkyl halides is 1. The molecule has 10 heavy (non-hydrogen) atoms. The lowest BCUT2D eigenvalue weighted by Gasteiger charge is -2.54. The lowest BCUT2D eigenvalue weighted by atomic mass is 9.52. The van der Waals surface area contributed by atoms with E-state index in [4.69, 9.17) is 0 Å². The normalized spacial score (nSPS) is 48.9. The highest BCUT2D eigenvalue weighted by Gasteiger charge is 2.63. The summed E-state index contributed by atoms with van der Waals surface area (Å²) in [4.78, 5) is 0. The molecule has 0 N–H and O–H groups in total. The number of halogens is 1. The summed E-state index contributed by atoms with van der Waals surface area (Å²) in [6, 6.07) is 0. The Kier molecular flexibility index (Phi) is 1.28. The molecular formula is C9H15Br. The summed E-state index contributed by atoms with van der Waals surface area (Å²) in [5, 5.41) is 1.23. The molecule has 3 aliphatic carbocycles. The topological polar surface area (TPSA) is 0 Å². The van der Waals surface area contributed by atoms with Crippen LogP contribution in [0.25, 0.3) is 0 Å². The molecule has 0 aromatic heterocycles. The average molecular weight is 203 g/mol. The van der Waals surface area contributed by atoms with Crippen molar-refractivity contribution in [1.82, 2.24) is 0 Å². The van der Waals surface area contributed by atoms with Crippen molar-refractivity contribution in [3.05, 3.63) is 0 Å². The Balaban J connectivity index is 2.27. The van der Waals surface area contributed by atoms with Crippen LogP contribution in [0.5, 0.6) is 0 Å². The van der Waals surface area contributed by atoms with Crippen molar-refractivity contribution in [2.75, 3.05) is 5.33 Å². The summed E-state index contributed by atoms with van der Waals surface area (Å²) < 4.78 is 0. The van der Waals surface area contributed by atoms with Gasteiger partial charge >= 0.3 is 0 Å². The molecule has 3 aliphatic rings. The van der Waals surface area contributed by atoms with Gasteiger partial charge < -0.3 is 0 Å². The largest absolute Gasteiger partial charge is 0.0922 e. The third-order valence-electron chi connectivity index (χ3n) is 4.25. The Hall–Kier alpha value is 0.480. The van der Waals surface area contributed by atoms with E-state index in [2.05, 4.69) is 29.8 Å². The predicted molar refractivity (Wildman–Crippen MR) is 47.3 cm³/mol. The summed E-state index contributed by atoms with van der Waals surface area (Å²) in [5.74, 6) is 1.05. The van der Waals surface area contributed by atoms with Gasteiger partial charge in [-0.1, -0.05) is 29.8 Å². The number of fused-ring (bicyclic) bond motifs is 1. The number of hydrogen-bond acceptors (Lipinski definition) is 0. The van der Waals surface area contributed by atoms with E-state index in [1.807, 2.05) is 0 Å². The Morgan fingerprint density at radius 2 is 2.20 bits per heavy atom. The van der Waals surface area contributed by atoms with Crippen LogP contribution in [-0.4, -0.2) is 5.33 Å². The quantitative estimate of drug-likeness (QED) is 0.574. The van der Waals surface area contributed by atoms with Gasteiger partial charge in [0.25, 0.3) is 0 Å². The van der Waals surface area contributed by atoms with E-state index >= 15 is 0 Å². The molecule has 0 aliphatic heterocycles. The van der Waals surface area contributed by atoms with Crippen LogP contribution >= 0.6 is 15.9 Å². The zero-order valence-electron chi connectivity index (χ0n) is 6.78. The monoisotopic (exact) mass is 202 g/mol. The molecule has 0 nitrogen and oxygen atoms in total. The molecule has 58 valence electrons. The Bertz CT molecular complexity index is 158. The molecule has 0 radical (unpaired) electrons. The van der Waals surface area contributed by atoms with Crippen molar-refractivity contribution >= 4 is 15.9 Å². The fraction of sp³-hybridized carbons (Fsp3) is 1.00. The van der Waals surface area contributed by atoms with Gasteiger partial charge in [-0.3, -0.25) is 0 Å². The summed E-state index contributed by atoms with van der Waals surface area (Å²) in [7, 11) is 0. The lowest BCUT2D eigenvalue weighted by molar-refractivity contribution is -0.0341. The molecule has 0 aromatic rings. The van der Waals surface area contributed by atoms with E-state index in [0.717, 1.165) is 5.92 Å². The molecule has 3 saturated carbocycles. The maximum absolute atomic E-state index is 3.65. The molecule has 0 saturated heterocycles. The summed E-state index contributed by atoms with van der Waals surface area (Å²) in [5.41, 5.74) is 1.34. The first-order valence-electron chi connectivity index (χ1n) is 4.18. The lowest BCUT2D eigenvalue weighted by Crippen LogP contribution is -2.48. The van der Waals surface area contributed by atoms with Gasteiger partial charge in [0.1, 0.15) is 0 Å². The van der Waals surface area contributed by atoms with Crippen LogP contribution in [0.4, 0.5) is 0 Å². The Morgan fingerprint density at radius 3 is 2.40 bits per heavy atom. The highest BCUT2D eigenvalue weighted by Crippen LogP contribution is 2.70. The Labute approximate surface area is 71.5 Å². The van der Waals surface area contributed by atoms with Crippen LogP contribution < -0.4 is 0 Å². The average Bonchev–Trinajstić information content (AvgIpc) is 2.41. The van der Waals surface area contributed by atoms with Crippen LogP contribution in [0.1, 0.15) is 33.1 Å².